The van der Waals surface area contributed by atoms with Crippen LogP contribution in [0.3, 0.4) is 0 Å². The number of nitrogens with one attached hydrogen (secondary N) is 2. The quantitative estimate of drug-likeness (QED) is 0.766. The Morgan fingerprint density at radius 3 is 2.88 bits per heavy atom. The molecule has 0 bridgehead atoms. The molecule has 3 rings (SSSR count). The summed E-state index contributed by atoms with van der Waals surface area (Å²) in [7, 11) is 1.96. The molecule has 2 aliphatic rings. The second kappa shape index (κ2) is 8.58. The SMILES string of the molecule is CN(CC(=O)NNC(=O)CN1CCCc2ccccc21)C1CCSC1. The maximum absolute atomic E-state index is 12.2. The van der Waals surface area contributed by atoms with Gasteiger partial charge in [0.2, 0.25) is 0 Å². The molecular weight excluding hydrogens is 336 g/mol. The summed E-state index contributed by atoms with van der Waals surface area (Å²) in [6, 6.07) is 8.64. The second-order valence-corrected chi connectivity index (χ2v) is 7.83. The molecule has 0 spiro atoms. The van der Waals surface area contributed by atoms with Crippen LogP contribution in [-0.2, 0) is 16.0 Å². The highest BCUT2D eigenvalue weighted by molar-refractivity contribution is 7.99. The molecule has 0 aliphatic carbocycles. The highest BCUT2D eigenvalue weighted by atomic mass is 32.2. The van der Waals surface area contributed by atoms with Crippen molar-refractivity contribution in [1.82, 2.24) is 15.8 Å². The number of para-hydroxylation sites is 1. The Labute approximate surface area is 153 Å². The minimum absolute atomic E-state index is 0.174. The molecule has 0 aromatic heterocycles. The van der Waals surface area contributed by atoms with Crippen molar-refractivity contribution < 1.29 is 9.59 Å². The standard InChI is InChI=1S/C18H26N4O2S/c1-21(15-8-10-25-13-15)11-17(23)19-20-18(24)12-22-9-4-6-14-5-2-3-7-16(14)22/h2-3,5,7,15H,4,6,8-13H2,1H3,(H,19,23)(H,20,24). The van der Waals surface area contributed by atoms with Crippen molar-refractivity contribution in [2.45, 2.75) is 25.3 Å². The molecule has 1 aromatic rings. The fraction of sp³-hybridized carbons (Fsp3) is 0.556. The first-order valence-corrected chi connectivity index (χ1v) is 9.97. The molecule has 136 valence electrons. The lowest BCUT2D eigenvalue weighted by atomic mass is 10.0. The molecule has 1 saturated heterocycles. The van der Waals surface area contributed by atoms with Crippen LogP contribution in [0.2, 0.25) is 0 Å². The first kappa shape index (κ1) is 18.1. The van der Waals surface area contributed by atoms with E-state index in [1.165, 1.54) is 5.56 Å². The molecule has 1 fully saturated rings. The van der Waals surface area contributed by atoms with Crippen molar-refractivity contribution >= 4 is 29.3 Å². The van der Waals surface area contributed by atoms with Crippen LogP contribution in [0.4, 0.5) is 5.69 Å². The molecule has 2 heterocycles. The van der Waals surface area contributed by atoms with Gasteiger partial charge in [-0.25, -0.2) is 0 Å². The van der Waals surface area contributed by atoms with Crippen LogP contribution in [0, 0.1) is 0 Å². The third kappa shape index (κ3) is 4.89. The molecule has 2 aliphatic heterocycles. The first-order valence-electron chi connectivity index (χ1n) is 8.82. The molecule has 2 amide bonds. The summed E-state index contributed by atoms with van der Waals surface area (Å²) in [5.74, 6) is 1.87. The number of thioether (sulfide) groups is 1. The molecular formula is C18H26N4O2S. The molecule has 1 unspecified atom stereocenters. The number of likely N-dealkylation sites (N-methyl/N-ethyl adjacent to an activating group) is 1. The number of anilines is 1. The van der Waals surface area contributed by atoms with E-state index in [-0.39, 0.29) is 18.4 Å². The molecule has 0 saturated carbocycles. The Balaban J connectivity index is 1.43. The van der Waals surface area contributed by atoms with Crippen LogP contribution in [-0.4, -0.2) is 60.9 Å². The van der Waals surface area contributed by atoms with Gasteiger partial charge in [0.15, 0.2) is 0 Å². The van der Waals surface area contributed by atoms with Crippen LogP contribution in [0.25, 0.3) is 0 Å². The minimum atomic E-state index is -0.191. The Kier molecular flexibility index (Phi) is 6.20. The number of aryl methyl sites for hydroxylation is 1. The van der Waals surface area contributed by atoms with Gasteiger partial charge in [-0.15, -0.1) is 0 Å². The zero-order valence-corrected chi connectivity index (χ0v) is 15.5. The predicted octanol–water partition coefficient (Wildman–Crippen LogP) is 1.02. The van der Waals surface area contributed by atoms with Crippen LogP contribution < -0.4 is 15.8 Å². The maximum atomic E-state index is 12.2. The van der Waals surface area contributed by atoms with Crippen molar-refractivity contribution in [3.05, 3.63) is 29.8 Å². The van der Waals surface area contributed by atoms with E-state index >= 15 is 0 Å². The van der Waals surface area contributed by atoms with Gasteiger partial charge in [0, 0.05) is 24.0 Å². The smallest absolute Gasteiger partial charge is 0.257 e. The first-order chi connectivity index (χ1) is 12.1. The molecule has 1 aromatic carbocycles. The van der Waals surface area contributed by atoms with Gasteiger partial charge >= 0.3 is 0 Å². The summed E-state index contributed by atoms with van der Waals surface area (Å²) >= 11 is 1.92. The zero-order chi connectivity index (χ0) is 17.6. The van der Waals surface area contributed by atoms with Crippen molar-refractivity contribution in [2.24, 2.45) is 0 Å². The fourth-order valence-electron chi connectivity index (χ4n) is 3.39. The van der Waals surface area contributed by atoms with Crippen LogP contribution in [0.15, 0.2) is 24.3 Å². The third-order valence-corrected chi connectivity index (χ3v) is 5.95. The molecule has 0 radical (unpaired) electrons. The lowest BCUT2D eigenvalue weighted by Gasteiger charge is -2.30. The molecule has 1 atom stereocenters. The summed E-state index contributed by atoms with van der Waals surface area (Å²) in [5, 5.41) is 0. The van der Waals surface area contributed by atoms with E-state index in [0.29, 0.717) is 12.6 Å². The van der Waals surface area contributed by atoms with E-state index < -0.39 is 0 Å². The number of nitrogens with zero attached hydrogens (tertiary/aromatic N) is 2. The van der Waals surface area contributed by atoms with E-state index in [1.54, 1.807) is 0 Å². The Bertz CT molecular complexity index is 619. The highest BCUT2D eigenvalue weighted by Crippen LogP contribution is 2.26. The summed E-state index contributed by atoms with van der Waals surface area (Å²) in [5.41, 5.74) is 7.48. The predicted molar refractivity (Wildman–Crippen MR) is 102 cm³/mol. The van der Waals surface area contributed by atoms with Gasteiger partial charge in [0.1, 0.15) is 0 Å². The average Bonchev–Trinajstić information content (AvgIpc) is 3.15. The van der Waals surface area contributed by atoms with E-state index in [2.05, 4.69) is 32.8 Å². The Morgan fingerprint density at radius 1 is 1.28 bits per heavy atom. The van der Waals surface area contributed by atoms with Gasteiger partial charge in [-0.1, -0.05) is 18.2 Å². The largest absolute Gasteiger partial charge is 0.362 e. The number of hydrogen-bond acceptors (Lipinski definition) is 5. The lowest BCUT2D eigenvalue weighted by molar-refractivity contribution is -0.129. The molecule has 25 heavy (non-hydrogen) atoms. The molecule has 2 N–H and O–H groups in total. The minimum Gasteiger partial charge on any atom is -0.362 e. The van der Waals surface area contributed by atoms with Gasteiger partial charge in [0.05, 0.1) is 13.1 Å². The Hall–Kier alpha value is -1.73. The lowest BCUT2D eigenvalue weighted by Crippen LogP contribution is -2.50. The van der Waals surface area contributed by atoms with E-state index in [0.717, 1.165) is 43.0 Å². The number of hydrazine groups is 1. The summed E-state index contributed by atoms with van der Waals surface area (Å²) in [4.78, 5) is 28.3. The summed E-state index contributed by atoms with van der Waals surface area (Å²) < 4.78 is 0. The third-order valence-electron chi connectivity index (χ3n) is 4.80. The number of carbonyl (C=O) groups excluding carboxylic acids is 2. The highest BCUT2D eigenvalue weighted by Gasteiger charge is 2.22. The van der Waals surface area contributed by atoms with Crippen molar-refractivity contribution in [3.63, 3.8) is 0 Å². The number of benzene rings is 1. The van der Waals surface area contributed by atoms with Gasteiger partial charge in [0.25, 0.3) is 11.8 Å². The number of carbonyl (C=O) groups is 2. The monoisotopic (exact) mass is 362 g/mol. The molecule has 6 nitrogen and oxygen atoms in total. The second-order valence-electron chi connectivity index (χ2n) is 6.68. The van der Waals surface area contributed by atoms with Crippen molar-refractivity contribution in [3.8, 4) is 0 Å². The number of hydrogen-bond donors (Lipinski definition) is 2. The van der Waals surface area contributed by atoms with Crippen LogP contribution in [0.1, 0.15) is 18.4 Å². The van der Waals surface area contributed by atoms with Gasteiger partial charge in [-0.05, 0) is 43.7 Å². The number of rotatable bonds is 5. The normalized spacial score (nSPS) is 19.6. The van der Waals surface area contributed by atoms with Gasteiger partial charge in [-0.2, -0.15) is 11.8 Å². The van der Waals surface area contributed by atoms with E-state index in [1.807, 2.05) is 30.9 Å². The topological polar surface area (TPSA) is 64.7 Å². The fourth-order valence-corrected chi connectivity index (χ4v) is 4.69. The van der Waals surface area contributed by atoms with Gasteiger partial charge in [-0.3, -0.25) is 25.3 Å². The van der Waals surface area contributed by atoms with Crippen LogP contribution in [0.5, 0.6) is 0 Å². The van der Waals surface area contributed by atoms with Crippen molar-refractivity contribution in [2.75, 3.05) is 43.1 Å². The van der Waals surface area contributed by atoms with Gasteiger partial charge < -0.3 is 4.90 Å². The van der Waals surface area contributed by atoms with E-state index in [4.69, 9.17) is 0 Å². The molecule has 7 heteroatoms. The zero-order valence-electron chi connectivity index (χ0n) is 14.7. The Morgan fingerprint density at radius 2 is 2.08 bits per heavy atom. The van der Waals surface area contributed by atoms with Crippen LogP contribution >= 0.6 is 11.8 Å². The van der Waals surface area contributed by atoms with Crippen molar-refractivity contribution in [1.29, 1.82) is 0 Å². The summed E-state index contributed by atoms with van der Waals surface area (Å²) in [6.45, 7) is 1.42. The number of amides is 2. The maximum Gasteiger partial charge on any atom is 0.257 e. The summed E-state index contributed by atoms with van der Waals surface area (Å²) in [6.07, 6.45) is 3.22. The number of fused-ring (bicyclic) bond motifs is 1. The van der Waals surface area contributed by atoms with E-state index in [9.17, 15) is 9.59 Å². The average molecular weight is 362 g/mol.